The zero-order chi connectivity index (χ0) is 13.9. The van der Waals surface area contributed by atoms with Gasteiger partial charge in [0.1, 0.15) is 6.29 Å². The summed E-state index contributed by atoms with van der Waals surface area (Å²) in [4.78, 5) is 11.6. The number of ether oxygens (including phenoxy) is 3. The Morgan fingerprint density at radius 3 is 1.89 bits per heavy atom. The molecule has 0 spiro atoms. The molecule has 4 heteroatoms. The monoisotopic (exact) mass is 264 g/mol. The van der Waals surface area contributed by atoms with Crippen LogP contribution in [0, 0.1) is 0 Å². The number of hydrogen-bond acceptors (Lipinski definition) is 4. The largest absolute Gasteiger partial charge is 0.493 e. The van der Waals surface area contributed by atoms with Crippen LogP contribution in [0.2, 0.25) is 0 Å². The van der Waals surface area contributed by atoms with E-state index in [2.05, 4.69) is 0 Å². The summed E-state index contributed by atoms with van der Waals surface area (Å²) in [6, 6.07) is 3.78. The Balaban J connectivity index is 2.55. The summed E-state index contributed by atoms with van der Waals surface area (Å²) in [5.74, 6) is 1.77. The lowest BCUT2D eigenvalue weighted by molar-refractivity contribution is -0.112. The van der Waals surface area contributed by atoms with E-state index in [1.54, 1.807) is 21.3 Å². The highest BCUT2D eigenvalue weighted by Gasteiger charge is 2.36. The van der Waals surface area contributed by atoms with E-state index in [0.717, 1.165) is 37.5 Å². The van der Waals surface area contributed by atoms with Gasteiger partial charge >= 0.3 is 0 Å². The molecule has 0 bridgehead atoms. The number of carbonyl (C=O) groups is 1. The Morgan fingerprint density at radius 1 is 1.00 bits per heavy atom. The first-order valence-electron chi connectivity index (χ1n) is 6.47. The van der Waals surface area contributed by atoms with E-state index < -0.39 is 5.41 Å². The average Bonchev–Trinajstić information content (AvgIpc) is 2.95. The average molecular weight is 264 g/mol. The summed E-state index contributed by atoms with van der Waals surface area (Å²) >= 11 is 0. The maximum absolute atomic E-state index is 11.6. The van der Waals surface area contributed by atoms with Gasteiger partial charge < -0.3 is 19.0 Å². The van der Waals surface area contributed by atoms with Crippen molar-refractivity contribution in [3.05, 3.63) is 17.7 Å². The maximum atomic E-state index is 11.6. The molecule has 1 fully saturated rings. The molecular weight excluding hydrogens is 244 g/mol. The molecular formula is C15H20O4. The van der Waals surface area contributed by atoms with Gasteiger partial charge in [-0.05, 0) is 30.5 Å². The fourth-order valence-corrected chi connectivity index (χ4v) is 2.85. The summed E-state index contributed by atoms with van der Waals surface area (Å²) in [5.41, 5.74) is 0.557. The minimum atomic E-state index is -0.396. The summed E-state index contributed by atoms with van der Waals surface area (Å²) in [6.07, 6.45) is 5.00. The number of aldehydes is 1. The number of methoxy groups -OCH3 is 3. The molecule has 0 aliphatic heterocycles. The number of carbonyl (C=O) groups excluding carboxylic acids is 1. The van der Waals surface area contributed by atoms with Crippen LogP contribution in [0.3, 0.4) is 0 Å². The zero-order valence-corrected chi connectivity index (χ0v) is 11.7. The van der Waals surface area contributed by atoms with Crippen molar-refractivity contribution in [2.45, 2.75) is 31.1 Å². The normalized spacial score (nSPS) is 17.0. The van der Waals surface area contributed by atoms with Crippen molar-refractivity contribution in [2.24, 2.45) is 0 Å². The molecule has 0 N–H and O–H groups in total. The van der Waals surface area contributed by atoms with Crippen molar-refractivity contribution < 1.29 is 19.0 Å². The quantitative estimate of drug-likeness (QED) is 0.767. The van der Waals surface area contributed by atoms with Gasteiger partial charge in [0.05, 0.1) is 26.7 Å². The van der Waals surface area contributed by atoms with Gasteiger partial charge in [0.2, 0.25) is 5.75 Å². The third-order valence-electron chi connectivity index (χ3n) is 3.96. The molecule has 0 saturated heterocycles. The second-order valence-electron chi connectivity index (χ2n) is 4.90. The van der Waals surface area contributed by atoms with Crippen LogP contribution in [0.25, 0.3) is 0 Å². The Labute approximate surface area is 113 Å². The first-order valence-corrected chi connectivity index (χ1v) is 6.47. The van der Waals surface area contributed by atoms with Crippen LogP contribution in [-0.4, -0.2) is 27.6 Å². The van der Waals surface area contributed by atoms with Gasteiger partial charge in [0.25, 0.3) is 0 Å². The van der Waals surface area contributed by atoms with Crippen molar-refractivity contribution in [2.75, 3.05) is 21.3 Å². The van der Waals surface area contributed by atoms with Crippen LogP contribution in [-0.2, 0) is 10.2 Å². The highest BCUT2D eigenvalue weighted by atomic mass is 16.5. The molecule has 1 saturated carbocycles. The van der Waals surface area contributed by atoms with Gasteiger partial charge in [0, 0.05) is 0 Å². The predicted molar refractivity (Wildman–Crippen MR) is 72.3 cm³/mol. The number of rotatable bonds is 5. The van der Waals surface area contributed by atoms with Crippen LogP contribution >= 0.6 is 0 Å². The van der Waals surface area contributed by atoms with Crippen molar-refractivity contribution in [1.29, 1.82) is 0 Å². The maximum Gasteiger partial charge on any atom is 0.203 e. The van der Waals surface area contributed by atoms with E-state index in [4.69, 9.17) is 14.2 Å². The SMILES string of the molecule is COc1cc(C2(C=O)CCCC2)cc(OC)c1OC. The van der Waals surface area contributed by atoms with E-state index in [0.29, 0.717) is 17.2 Å². The van der Waals surface area contributed by atoms with Gasteiger partial charge in [-0.2, -0.15) is 0 Å². The van der Waals surface area contributed by atoms with Gasteiger partial charge in [-0.15, -0.1) is 0 Å². The standard InChI is InChI=1S/C15H20O4/c1-17-12-8-11(9-13(18-2)14(12)19-3)15(10-16)6-4-5-7-15/h8-10H,4-7H2,1-3H3. The molecule has 4 nitrogen and oxygen atoms in total. The summed E-state index contributed by atoms with van der Waals surface area (Å²) in [7, 11) is 4.75. The van der Waals surface area contributed by atoms with E-state index in [1.165, 1.54) is 0 Å². The Hall–Kier alpha value is -1.71. The van der Waals surface area contributed by atoms with Gasteiger partial charge in [-0.1, -0.05) is 12.8 Å². The molecule has 0 atom stereocenters. The van der Waals surface area contributed by atoms with E-state index in [1.807, 2.05) is 12.1 Å². The fraction of sp³-hybridized carbons (Fsp3) is 0.533. The molecule has 1 aromatic rings. The molecule has 104 valence electrons. The van der Waals surface area contributed by atoms with Gasteiger partial charge in [0.15, 0.2) is 11.5 Å². The molecule has 0 amide bonds. The lowest BCUT2D eigenvalue weighted by atomic mass is 9.80. The number of benzene rings is 1. The van der Waals surface area contributed by atoms with Crippen LogP contribution < -0.4 is 14.2 Å². The van der Waals surface area contributed by atoms with Crippen molar-refractivity contribution in [3.63, 3.8) is 0 Å². The molecule has 0 radical (unpaired) electrons. The van der Waals surface area contributed by atoms with Gasteiger partial charge in [-0.3, -0.25) is 0 Å². The minimum absolute atomic E-state index is 0.396. The van der Waals surface area contributed by atoms with Crippen LogP contribution in [0.15, 0.2) is 12.1 Å². The Kier molecular flexibility index (Phi) is 3.98. The van der Waals surface area contributed by atoms with Gasteiger partial charge in [-0.25, -0.2) is 0 Å². The Morgan fingerprint density at radius 2 is 1.53 bits per heavy atom. The summed E-state index contributed by atoms with van der Waals surface area (Å²) in [6.45, 7) is 0. The topological polar surface area (TPSA) is 44.8 Å². The molecule has 1 aromatic carbocycles. The Bertz CT molecular complexity index is 436. The number of hydrogen-bond donors (Lipinski definition) is 0. The zero-order valence-electron chi connectivity index (χ0n) is 11.7. The molecule has 19 heavy (non-hydrogen) atoms. The lowest BCUT2D eigenvalue weighted by Crippen LogP contribution is -2.23. The molecule has 1 aliphatic rings. The van der Waals surface area contributed by atoms with Crippen LogP contribution in [0.5, 0.6) is 17.2 Å². The molecule has 0 heterocycles. The predicted octanol–water partition coefficient (Wildman–Crippen LogP) is 2.72. The smallest absolute Gasteiger partial charge is 0.203 e. The molecule has 0 aromatic heterocycles. The van der Waals surface area contributed by atoms with Crippen molar-refractivity contribution >= 4 is 6.29 Å². The summed E-state index contributed by atoms with van der Waals surface area (Å²) < 4.78 is 16.0. The molecule has 0 unspecified atom stereocenters. The lowest BCUT2D eigenvalue weighted by Gasteiger charge is -2.24. The second kappa shape index (κ2) is 5.51. The van der Waals surface area contributed by atoms with Crippen LogP contribution in [0.1, 0.15) is 31.2 Å². The third-order valence-corrected chi connectivity index (χ3v) is 3.96. The van der Waals surface area contributed by atoms with Crippen molar-refractivity contribution in [1.82, 2.24) is 0 Å². The highest BCUT2D eigenvalue weighted by Crippen LogP contribution is 2.46. The fourth-order valence-electron chi connectivity index (χ4n) is 2.85. The first-order chi connectivity index (χ1) is 9.20. The molecule has 2 rings (SSSR count). The minimum Gasteiger partial charge on any atom is -0.493 e. The third kappa shape index (κ3) is 2.27. The van der Waals surface area contributed by atoms with Crippen molar-refractivity contribution in [3.8, 4) is 17.2 Å². The molecule has 1 aliphatic carbocycles. The first kappa shape index (κ1) is 13.7. The van der Waals surface area contributed by atoms with E-state index >= 15 is 0 Å². The van der Waals surface area contributed by atoms with E-state index in [9.17, 15) is 4.79 Å². The van der Waals surface area contributed by atoms with Crippen LogP contribution in [0.4, 0.5) is 0 Å². The van der Waals surface area contributed by atoms with E-state index in [-0.39, 0.29) is 0 Å². The highest BCUT2D eigenvalue weighted by molar-refractivity contribution is 5.71. The second-order valence-corrected chi connectivity index (χ2v) is 4.90. The summed E-state index contributed by atoms with van der Waals surface area (Å²) in [5, 5.41) is 0.